The Kier molecular flexibility index (Phi) is 4.17. The van der Waals surface area contributed by atoms with E-state index in [1.54, 1.807) is 24.5 Å². The highest BCUT2D eigenvalue weighted by atomic mass is 16.5. The third-order valence-electron chi connectivity index (χ3n) is 4.41. The Morgan fingerprint density at radius 3 is 2.76 bits per heavy atom. The number of aliphatic hydroxyl groups is 1. The zero-order valence-electron chi connectivity index (χ0n) is 13.5. The van der Waals surface area contributed by atoms with Crippen molar-refractivity contribution in [1.82, 2.24) is 20.0 Å². The molecule has 0 bridgehead atoms. The molecule has 7 nitrogen and oxygen atoms in total. The predicted octanol–water partition coefficient (Wildman–Crippen LogP) is 2.15. The summed E-state index contributed by atoms with van der Waals surface area (Å²) in [6.07, 6.45) is 3.41. The lowest BCUT2D eigenvalue weighted by molar-refractivity contribution is 0.168. The first kappa shape index (κ1) is 15.7. The number of hydrogen-bond donors (Lipinski definition) is 2. The van der Waals surface area contributed by atoms with Crippen molar-refractivity contribution in [2.45, 2.75) is 25.1 Å². The van der Waals surface area contributed by atoms with Gasteiger partial charge in [0.05, 0.1) is 12.1 Å². The van der Waals surface area contributed by atoms with E-state index in [1.807, 2.05) is 29.2 Å². The van der Waals surface area contributed by atoms with Crippen molar-refractivity contribution in [3.05, 3.63) is 60.2 Å². The van der Waals surface area contributed by atoms with Gasteiger partial charge in [-0.1, -0.05) is 23.4 Å². The summed E-state index contributed by atoms with van der Waals surface area (Å²) in [5, 5.41) is 24.1. The van der Waals surface area contributed by atoms with Crippen LogP contribution >= 0.6 is 0 Å². The van der Waals surface area contributed by atoms with E-state index in [2.05, 4.69) is 15.1 Å². The Labute approximate surface area is 144 Å². The minimum absolute atomic E-state index is 0.183. The summed E-state index contributed by atoms with van der Waals surface area (Å²) in [5.74, 6) is 1.21. The number of rotatable bonds is 4. The first-order chi connectivity index (χ1) is 12.2. The first-order valence-corrected chi connectivity index (χ1v) is 8.13. The van der Waals surface area contributed by atoms with Crippen molar-refractivity contribution in [3.8, 4) is 17.1 Å². The maximum atomic E-state index is 10.1. The Morgan fingerprint density at radius 2 is 1.96 bits per heavy atom. The summed E-state index contributed by atoms with van der Waals surface area (Å²) in [5.41, 5.74) is 1.63. The van der Waals surface area contributed by atoms with Gasteiger partial charge in [0, 0.05) is 36.6 Å². The van der Waals surface area contributed by atoms with Crippen LogP contribution < -0.4 is 0 Å². The Balaban J connectivity index is 1.58. The number of phenols is 1. The van der Waals surface area contributed by atoms with Gasteiger partial charge < -0.3 is 14.7 Å². The van der Waals surface area contributed by atoms with Crippen molar-refractivity contribution in [1.29, 1.82) is 0 Å². The van der Waals surface area contributed by atoms with Gasteiger partial charge in [-0.2, -0.15) is 4.98 Å². The van der Waals surface area contributed by atoms with Crippen LogP contribution in [0.15, 0.2) is 53.3 Å². The number of β-amino-alcohol motifs (C(OH)–C–C–N with tert-alkyl or cyclic N) is 1. The maximum Gasteiger partial charge on any atom is 0.244 e. The van der Waals surface area contributed by atoms with Gasteiger partial charge in [-0.3, -0.25) is 9.88 Å². The SMILES string of the molecule is Oc1ccccc1CN1CC(O)CC1c1nc(-c2ccncc2)no1. The molecule has 1 aliphatic heterocycles. The van der Waals surface area contributed by atoms with Crippen molar-refractivity contribution < 1.29 is 14.7 Å². The summed E-state index contributed by atoms with van der Waals surface area (Å²) < 4.78 is 5.45. The van der Waals surface area contributed by atoms with Crippen molar-refractivity contribution in [3.63, 3.8) is 0 Å². The number of pyridine rings is 1. The standard InChI is InChI=1S/C18H18N4O3/c23-14-9-15(22(11-14)10-13-3-1-2-4-16(13)24)18-20-17(21-25-18)12-5-7-19-8-6-12/h1-8,14-15,23-24H,9-11H2. The molecule has 4 rings (SSSR count). The minimum atomic E-state index is -0.466. The highest BCUT2D eigenvalue weighted by molar-refractivity contribution is 5.52. The first-order valence-electron chi connectivity index (χ1n) is 8.13. The van der Waals surface area contributed by atoms with Gasteiger partial charge >= 0.3 is 0 Å². The molecule has 0 saturated carbocycles. The molecule has 1 saturated heterocycles. The lowest BCUT2D eigenvalue weighted by Crippen LogP contribution is -2.24. The van der Waals surface area contributed by atoms with E-state index in [9.17, 15) is 10.2 Å². The molecule has 1 fully saturated rings. The molecule has 0 spiro atoms. The van der Waals surface area contributed by atoms with E-state index >= 15 is 0 Å². The second-order valence-electron chi connectivity index (χ2n) is 6.16. The number of likely N-dealkylation sites (tertiary alicyclic amines) is 1. The molecule has 128 valence electrons. The monoisotopic (exact) mass is 338 g/mol. The van der Waals surface area contributed by atoms with Crippen LogP contribution in [0.4, 0.5) is 0 Å². The van der Waals surface area contributed by atoms with Crippen LogP contribution in [-0.4, -0.2) is 42.9 Å². The largest absolute Gasteiger partial charge is 0.508 e. The second kappa shape index (κ2) is 6.62. The summed E-state index contributed by atoms with van der Waals surface area (Å²) in [7, 11) is 0. The molecule has 2 atom stereocenters. The van der Waals surface area contributed by atoms with Crippen LogP contribution in [0.25, 0.3) is 11.4 Å². The highest BCUT2D eigenvalue weighted by Gasteiger charge is 2.36. The fourth-order valence-corrected chi connectivity index (χ4v) is 3.16. The van der Waals surface area contributed by atoms with Gasteiger partial charge in [0.15, 0.2) is 0 Å². The normalized spacial score (nSPS) is 20.8. The zero-order valence-corrected chi connectivity index (χ0v) is 13.5. The third-order valence-corrected chi connectivity index (χ3v) is 4.41. The third kappa shape index (κ3) is 3.24. The molecule has 0 radical (unpaired) electrons. The summed E-state index contributed by atoms with van der Waals surface area (Å²) >= 11 is 0. The average Bonchev–Trinajstić information content (AvgIpc) is 3.24. The van der Waals surface area contributed by atoms with E-state index in [1.165, 1.54) is 0 Å². The fraction of sp³-hybridized carbons (Fsp3) is 0.278. The predicted molar refractivity (Wildman–Crippen MR) is 89.4 cm³/mol. The Bertz CT molecular complexity index is 852. The van der Waals surface area contributed by atoms with Gasteiger partial charge in [-0.25, -0.2) is 0 Å². The molecule has 2 unspecified atom stereocenters. The van der Waals surface area contributed by atoms with E-state index in [0.29, 0.717) is 31.2 Å². The zero-order chi connectivity index (χ0) is 17.2. The number of phenolic OH excluding ortho intramolecular Hbond substituents is 1. The molecule has 25 heavy (non-hydrogen) atoms. The molecule has 1 aliphatic rings. The average molecular weight is 338 g/mol. The van der Waals surface area contributed by atoms with E-state index in [0.717, 1.165) is 11.1 Å². The molecule has 7 heteroatoms. The lowest BCUT2D eigenvalue weighted by atomic mass is 10.1. The van der Waals surface area contributed by atoms with Crippen LogP contribution in [0.2, 0.25) is 0 Å². The van der Waals surface area contributed by atoms with Gasteiger partial charge in [-0.05, 0) is 24.6 Å². The summed E-state index contributed by atoms with van der Waals surface area (Å²) in [6.45, 7) is 0.993. The molecular formula is C18H18N4O3. The Hall–Kier alpha value is -2.77. The number of aromatic hydroxyl groups is 1. The van der Waals surface area contributed by atoms with Crippen molar-refractivity contribution in [2.24, 2.45) is 0 Å². The van der Waals surface area contributed by atoms with Crippen molar-refractivity contribution in [2.75, 3.05) is 6.54 Å². The number of hydrogen-bond acceptors (Lipinski definition) is 7. The number of para-hydroxylation sites is 1. The number of nitrogens with zero attached hydrogens (tertiary/aromatic N) is 4. The van der Waals surface area contributed by atoms with Gasteiger partial charge in [0.1, 0.15) is 5.75 Å². The number of aliphatic hydroxyl groups excluding tert-OH is 1. The number of aromatic nitrogens is 3. The van der Waals surface area contributed by atoms with Crippen LogP contribution in [0.3, 0.4) is 0 Å². The number of benzene rings is 1. The molecule has 3 heterocycles. The maximum absolute atomic E-state index is 10.1. The molecule has 3 aromatic rings. The molecule has 1 aromatic carbocycles. The van der Waals surface area contributed by atoms with Crippen molar-refractivity contribution >= 4 is 0 Å². The quantitative estimate of drug-likeness (QED) is 0.752. The van der Waals surface area contributed by atoms with E-state index in [4.69, 9.17) is 4.52 Å². The molecule has 0 aliphatic carbocycles. The summed E-state index contributed by atoms with van der Waals surface area (Å²) in [4.78, 5) is 10.5. The smallest absolute Gasteiger partial charge is 0.244 e. The summed E-state index contributed by atoms with van der Waals surface area (Å²) in [6, 6.07) is 10.6. The van der Waals surface area contributed by atoms with Gasteiger partial charge in [0.25, 0.3) is 0 Å². The molecule has 2 aromatic heterocycles. The van der Waals surface area contributed by atoms with Crippen LogP contribution in [0, 0.1) is 0 Å². The molecular weight excluding hydrogens is 320 g/mol. The van der Waals surface area contributed by atoms with E-state index in [-0.39, 0.29) is 11.8 Å². The highest BCUT2D eigenvalue weighted by Crippen LogP contribution is 2.34. The topological polar surface area (TPSA) is 95.5 Å². The van der Waals surface area contributed by atoms with Gasteiger partial charge in [0.2, 0.25) is 11.7 Å². The molecule has 0 amide bonds. The van der Waals surface area contributed by atoms with Gasteiger partial charge in [-0.15, -0.1) is 0 Å². The van der Waals surface area contributed by atoms with Crippen LogP contribution in [0.5, 0.6) is 5.75 Å². The fourth-order valence-electron chi connectivity index (χ4n) is 3.16. The van der Waals surface area contributed by atoms with E-state index < -0.39 is 6.10 Å². The van der Waals surface area contributed by atoms with Crippen LogP contribution in [-0.2, 0) is 6.54 Å². The minimum Gasteiger partial charge on any atom is -0.508 e. The Morgan fingerprint density at radius 1 is 1.16 bits per heavy atom. The lowest BCUT2D eigenvalue weighted by Gasteiger charge is -2.21. The second-order valence-corrected chi connectivity index (χ2v) is 6.16. The molecule has 2 N–H and O–H groups in total. The van der Waals surface area contributed by atoms with Crippen LogP contribution in [0.1, 0.15) is 23.9 Å².